The van der Waals surface area contributed by atoms with Crippen LogP contribution in [0.2, 0.25) is 0 Å². The number of carbonyl (C=O) groups excluding carboxylic acids is 2. The minimum Gasteiger partial charge on any atom is -0.483 e. The van der Waals surface area contributed by atoms with E-state index < -0.39 is 5.97 Å². The number of rotatable bonds is 7. The van der Waals surface area contributed by atoms with Crippen LogP contribution in [0, 0.1) is 13.8 Å². The van der Waals surface area contributed by atoms with Crippen molar-refractivity contribution >= 4 is 23.1 Å². The van der Waals surface area contributed by atoms with Crippen molar-refractivity contribution in [3.63, 3.8) is 0 Å². The summed E-state index contributed by atoms with van der Waals surface area (Å²) in [5.74, 6) is 0.274. The van der Waals surface area contributed by atoms with Crippen LogP contribution in [-0.4, -0.2) is 40.1 Å². The molecule has 0 fully saturated rings. The van der Waals surface area contributed by atoms with Gasteiger partial charge in [0.25, 0.3) is 0 Å². The van der Waals surface area contributed by atoms with Crippen LogP contribution in [0.3, 0.4) is 0 Å². The van der Waals surface area contributed by atoms with E-state index in [1.807, 2.05) is 49.8 Å². The highest BCUT2D eigenvalue weighted by Crippen LogP contribution is 2.41. The maximum Gasteiger partial charge on any atom is 0.344 e. The van der Waals surface area contributed by atoms with Crippen LogP contribution in [0.5, 0.6) is 11.5 Å². The molecule has 1 aromatic carbocycles. The van der Waals surface area contributed by atoms with E-state index in [1.165, 1.54) is 11.3 Å². The molecule has 1 aliphatic rings. The second-order valence-electron chi connectivity index (χ2n) is 8.09. The van der Waals surface area contributed by atoms with Gasteiger partial charge >= 0.3 is 5.97 Å². The maximum absolute atomic E-state index is 12.6. The predicted octanol–water partition coefficient (Wildman–Crippen LogP) is 4.07. The average Bonchev–Trinajstić information content (AvgIpc) is 3.41. The van der Waals surface area contributed by atoms with Gasteiger partial charge in [0.05, 0.1) is 0 Å². The topological polar surface area (TPSA) is 79.7 Å². The van der Waals surface area contributed by atoms with Crippen LogP contribution in [0.25, 0.3) is 5.13 Å². The quantitative estimate of drug-likeness (QED) is 0.407. The fourth-order valence-corrected chi connectivity index (χ4v) is 4.52. The summed E-state index contributed by atoms with van der Waals surface area (Å²) in [7, 11) is 0. The number of aromatic nitrogens is 2. The summed E-state index contributed by atoms with van der Waals surface area (Å²) in [6.07, 6.45) is 2.49. The molecule has 0 N–H and O–H groups in total. The first kappa shape index (κ1) is 21.1. The van der Waals surface area contributed by atoms with E-state index in [9.17, 15) is 9.59 Å². The highest BCUT2D eigenvalue weighted by molar-refractivity contribution is 7.12. The van der Waals surface area contributed by atoms with Gasteiger partial charge in [-0.3, -0.25) is 9.36 Å². The number of para-hydroxylation sites is 1. The van der Waals surface area contributed by atoms with Gasteiger partial charge in [0.1, 0.15) is 5.60 Å². The minimum absolute atomic E-state index is 0.269. The molecule has 4 rings (SSSR count). The van der Waals surface area contributed by atoms with Gasteiger partial charge in [-0.1, -0.05) is 12.1 Å². The number of hydrogen-bond donors (Lipinski definition) is 0. The third kappa shape index (κ3) is 4.34. The Morgan fingerprint density at radius 2 is 2.06 bits per heavy atom. The van der Waals surface area contributed by atoms with Crippen molar-refractivity contribution in [3.05, 3.63) is 58.4 Å². The van der Waals surface area contributed by atoms with Crippen LogP contribution in [0.1, 0.15) is 41.2 Å². The molecule has 0 saturated heterocycles. The Bertz CT molecular complexity index is 1130. The molecule has 0 bridgehead atoms. The molecule has 8 heteroatoms. The number of ether oxygens (including phenoxy) is 3. The van der Waals surface area contributed by atoms with Gasteiger partial charge in [-0.05, 0) is 39.8 Å². The first-order valence-electron chi connectivity index (χ1n) is 9.96. The molecule has 7 nitrogen and oxygen atoms in total. The molecular formula is C23H24N2O5S. The van der Waals surface area contributed by atoms with Crippen LogP contribution in [0.15, 0.2) is 35.8 Å². The Kier molecular flexibility index (Phi) is 5.58. The Labute approximate surface area is 184 Å². The van der Waals surface area contributed by atoms with Crippen molar-refractivity contribution in [2.24, 2.45) is 0 Å². The van der Waals surface area contributed by atoms with Crippen LogP contribution < -0.4 is 9.47 Å². The van der Waals surface area contributed by atoms with E-state index in [-0.39, 0.29) is 24.6 Å². The third-order valence-corrected chi connectivity index (χ3v) is 5.86. The van der Waals surface area contributed by atoms with Gasteiger partial charge in [0.2, 0.25) is 5.78 Å². The fraction of sp³-hybridized carbons (Fsp3) is 0.348. The molecule has 0 spiro atoms. The number of Topliss-reactive ketones (excluding diaryl/α,β-unsaturated/α-hetero) is 1. The van der Waals surface area contributed by atoms with E-state index >= 15 is 0 Å². The van der Waals surface area contributed by atoms with Gasteiger partial charge in [0.15, 0.2) is 29.8 Å². The van der Waals surface area contributed by atoms with Crippen molar-refractivity contribution in [2.75, 3.05) is 13.2 Å². The highest BCUT2D eigenvalue weighted by Gasteiger charge is 2.32. The molecule has 0 aliphatic carbocycles. The number of fused-ring (bicyclic) bond motifs is 1. The molecule has 1 aliphatic heterocycles. The Morgan fingerprint density at radius 3 is 2.81 bits per heavy atom. The molecule has 0 amide bonds. The van der Waals surface area contributed by atoms with Crippen LogP contribution in [0.4, 0.5) is 0 Å². The zero-order valence-corrected chi connectivity index (χ0v) is 18.7. The zero-order valence-electron chi connectivity index (χ0n) is 17.9. The number of hydrogen-bond acceptors (Lipinski definition) is 7. The normalized spacial score (nSPS) is 14.1. The van der Waals surface area contributed by atoms with Crippen LogP contribution >= 0.6 is 11.3 Å². The molecule has 31 heavy (non-hydrogen) atoms. The molecule has 0 saturated carbocycles. The summed E-state index contributed by atoms with van der Waals surface area (Å²) in [5.41, 5.74) is 2.91. The fourth-order valence-electron chi connectivity index (χ4n) is 3.77. The molecule has 2 aromatic heterocycles. The Balaban J connectivity index is 1.35. The third-order valence-electron chi connectivity index (χ3n) is 5.11. The number of ketones is 1. The van der Waals surface area contributed by atoms with Gasteiger partial charge in [-0.25, -0.2) is 9.78 Å². The summed E-state index contributed by atoms with van der Waals surface area (Å²) in [5, 5.41) is 2.67. The van der Waals surface area contributed by atoms with Gasteiger partial charge in [-0.15, -0.1) is 11.3 Å². The first-order valence-corrected chi connectivity index (χ1v) is 10.8. The highest BCUT2D eigenvalue weighted by atomic mass is 32.1. The number of carbonyl (C=O) groups is 2. The van der Waals surface area contributed by atoms with Gasteiger partial charge in [-0.2, -0.15) is 0 Å². The molecule has 3 aromatic rings. The monoisotopic (exact) mass is 440 g/mol. The lowest BCUT2D eigenvalue weighted by atomic mass is 10.0. The second-order valence-corrected chi connectivity index (χ2v) is 8.96. The summed E-state index contributed by atoms with van der Waals surface area (Å²) >= 11 is 1.49. The average molecular weight is 441 g/mol. The molecule has 162 valence electrons. The molecule has 0 unspecified atom stereocenters. The molecule has 0 atom stereocenters. The van der Waals surface area contributed by atoms with E-state index in [0.29, 0.717) is 17.1 Å². The van der Waals surface area contributed by atoms with Crippen molar-refractivity contribution in [1.29, 1.82) is 0 Å². The SMILES string of the molecule is Cc1cc(C(=O)COC(=O)COc2cccc3c2OC(C)(C)C3)c(C)n1-c1nccs1. The minimum atomic E-state index is -0.614. The summed E-state index contributed by atoms with van der Waals surface area (Å²) in [4.78, 5) is 29.1. The first-order chi connectivity index (χ1) is 14.7. The van der Waals surface area contributed by atoms with Crippen LogP contribution in [-0.2, 0) is 16.0 Å². The van der Waals surface area contributed by atoms with Crippen molar-refractivity contribution in [2.45, 2.75) is 39.7 Å². The summed E-state index contributed by atoms with van der Waals surface area (Å²) in [6, 6.07) is 7.39. The van der Waals surface area contributed by atoms with E-state index in [1.54, 1.807) is 18.3 Å². The standard InChI is InChI=1S/C23H24N2O5S/c1-14-10-17(15(2)25(14)22-24-8-9-31-22)18(26)12-29-20(27)13-28-19-7-5-6-16-11-23(3,4)30-21(16)19/h5-10H,11-13H2,1-4H3. The summed E-state index contributed by atoms with van der Waals surface area (Å²) in [6.45, 7) is 7.12. The van der Waals surface area contributed by atoms with E-state index in [4.69, 9.17) is 14.2 Å². The summed E-state index contributed by atoms with van der Waals surface area (Å²) < 4.78 is 18.6. The lowest BCUT2D eigenvalue weighted by molar-refractivity contribution is -0.144. The van der Waals surface area contributed by atoms with E-state index in [2.05, 4.69) is 4.98 Å². The van der Waals surface area contributed by atoms with Crippen molar-refractivity contribution in [1.82, 2.24) is 9.55 Å². The number of thiazole rings is 1. The number of aryl methyl sites for hydroxylation is 1. The predicted molar refractivity (Wildman–Crippen MR) is 117 cm³/mol. The van der Waals surface area contributed by atoms with Crippen molar-refractivity contribution in [3.8, 4) is 16.6 Å². The Hall–Kier alpha value is -3.13. The number of benzene rings is 1. The van der Waals surface area contributed by atoms with Crippen molar-refractivity contribution < 1.29 is 23.8 Å². The Morgan fingerprint density at radius 1 is 1.26 bits per heavy atom. The van der Waals surface area contributed by atoms with E-state index in [0.717, 1.165) is 28.5 Å². The molecule has 3 heterocycles. The number of esters is 1. The van der Waals surface area contributed by atoms with Gasteiger partial charge < -0.3 is 14.2 Å². The lowest BCUT2D eigenvalue weighted by Gasteiger charge is -2.18. The number of nitrogens with zero attached hydrogens (tertiary/aromatic N) is 2. The molecule has 0 radical (unpaired) electrons. The lowest BCUT2D eigenvalue weighted by Crippen LogP contribution is -2.25. The zero-order chi connectivity index (χ0) is 22.2. The smallest absolute Gasteiger partial charge is 0.344 e. The maximum atomic E-state index is 12.6. The van der Waals surface area contributed by atoms with Gasteiger partial charge in [0, 0.05) is 40.5 Å². The second kappa shape index (κ2) is 8.19. The molecular weight excluding hydrogens is 416 g/mol. The largest absolute Gasteiger partial charge is 0.483 e.